The van der Waals surface area contributed by atoms with Crippen molar-refractivity contribution in [2.24, 2.45) is 5.73 Å². The van der Waals surface area contributed by atoms with Gasteiger partial charge in [-0.1, -0.05) is 13.0 Å². The SMILES string of the molecule is CCc1cc(C)cc2c1O[C@H](C(F)(F)F)C(C(=O)OCOC(=O)[C@H](CCCNC(=N)N)NC(C)=O)=C2. The number of hydrogen-bond donors (Lipinski definition) is 4. The summed E-state index contributed by atoms with van der Waals surface area (Å²) >= 11 is 0. The molecule has 2 rings (SSSR count). The van der Waals surface area contributed by atoms with E-state index in [1.807, 2.05) is 0 Å². The lowest BCUT2D eigenvalue weighted by molar-refractivity contribution is -0.190. The van der Waals surface area contributed by atoms with Crippen LogP contribution in [0.15, 0.2) is 17.7 Å². The van der Waals surface area contributed by atoms with E-state index in [0.717, 1.165) is 11.6 Å². The number of alkyl halides is 3. The van der Waals surface area contributed by atoms with E-state index in [1.165, 1.54) is 6.92 Å². The molecule has 1 aliphatic heterocycles. The van der Waals surface area contributed by atoms with Crippen LogP contribution in [-0.4, -0.2) is 55.5 Å². The lowest BCUT2D eigenvalue weighted by Gasteiger charge is -2.29. The summed E-state index contributed by atoms with van der Waals surface area (Å²) in [5.74, 6) is -3.05. The molecule has 0 bridgehead atoms. The van der Waals surface area contributed by atoms with Crippen LogP contribution in [0.5, 0.6) is 5.75 Å². The first-order valence-corrected chi connectivity index (χ1v) is 11.1. The summed E-state index contributed by atoms with van der Waals surface area (Å²) in [6, 6.07) is 2.20. The second-order valence-corrected chi connectivity index (χ2v) is 8.08. The number of guanidine groups is 1. The highest BCUT2D eigenvalue weighted by Gasteiger charge is 2.49. The molecule has 0 fully saturated rings. The highest BCUT2D eigenvalue weighted by atomic mass is 19.4. The van der Waals surface area contributed by atoms with Gasteiger partial charge in [0.15, 0.2) is 5.96 Å². The van der Waals surface area contributed by atoms with Crippen LogP contribution in [0.4, 0.5) is 13.2 Å². The van der Waals surface area contributed by atoms with Crippen LogP contribution in [-0.2, 0) is 30.3 Å². The zero-order valence-corrected chi connectivity index (χ0v) is 20.1. The first kappa shape index (κ1) is 28.5. The van der Waals surface area contributed by atoms with Gasteiger partial charge in [-0.05, 0) is 49.5 Å². The summed E-state index contributed by atoms with van der Waals surface area (Å²) in [6.45, 7) is 4.01. The molecule has 0 unspecified atom stereocenters. The molecule has 2 atom stereocenters. The monoisotopic (exact) mass is 514 g/mol. The summed E-state index contributed by atoms with van der Waals surface area (Å²) in [5, 5.41) is 12.0. The maximum absolute atomic E-state index is 13.7. The fraction of sp³-hybridized carbons (Fsp3) is 0.478. The Morgan fingerprint density at radius 2 is 1.94 bits per heavy atom. The molecule has 0 saturated heterocycles. The van der Waals surface area contributed by atoms with Crippen molar-refractivity contribution in [1.29, 1.82) is 5.41 Å². The minimum Gasteiger partial charge on any atom is -0.475 e. The lowest BCUT2D eigenvalue weighted by Crippen LogP contribution is -2.42. The number of benzene rings is 1. The smallest absolute Gasteiger partial charge is 0.430 e. The van der Waals surface area contributed by atoms with Gasteiger partial charge < -0.3 is 30.6 Å². The molecule has 0 aromatic heterocycles. The normalized spacial score (nSPS) is 15.5. The number of carbonyl (C=O) groups is 3. The van der Waals surface area contributed by atoms with Gasteiger partial charge in [0.05, 0.1) is 5.57 Å². The van der Waals surface area contributed by atoms with Crippen LogP contribution < -0.4 is 21.1 Å². The Hall–Kier alpha value is -3.77. The molecule has 36 heavy (non-hydrogen) atoms. The van der Waals surface area contributed by atoms with Crippen molar-refractivity contribution in [3.05, 3.63) is 34.4 Å². The Morgan fingerprint density at radius 1 is 1.25 bits per heavy atom. The summed E-state index contributed by atoms with van der Waals surface area (Å²) < 4.78 is 56.0. The van der Waals surface area contributed by atoms with Crippen molar-refractivity contribution in [2.75, 3.05) is 13.3 Å². The molecule has 1 aromatic rings. The molecule has 1 heterocycles. The summed E-state index contributed by atoms with van der Waals surface area (Å²) in [4.78, 5) is 36.2. The fourth-order valence-corrected chi connectivity index (χ4v) is 3.57. The van der Waals surface area contributed by atoms with Crippen molar-refractivity contribution in [1.82, 2.24) is 10.6 Å². The molecule has 1 aliphatic rings. The average Bonchev–Trinajstić information content (AvgIpc) is 2.78. The largest absolute Gasteiger partial charge is 0.475 e. The molecular formula is C23H29F3N4O6. The number of esters is 2. The first-order valence-electron chi connectivity index (χ1n) is 11.1. The molecule has 0 saturated carbocycles. The van der Waals surface area contributed by atoms with Crippen LogP contribution >= 0.6 is 0 Å². The van der Waals surface area contributed by atoms with E-state index < -0.39 is 48.5 Å². The number of aryl methyl sites for hydroxylation is 2. The van der Waals surface area contributed by atoms with Crippen molar-refractivity contribution in [2.45, 2.75) is 58.4 Å². The number of halogens is 3. The first-order chi connectivity index (χ1) is 16.8. The number of rotatable bonds is 10. The molecule has 0 aliphatic carbocycles. The lowest BCUT2D eigenvalue weighted by atomic mass is 9.96. The van der Waals surface area contributed by atoms with E-state index in [4.69, 9.17) is 25.4 Å². The van der Waals surface area contributed by atoms with Gasteiger partial charge in [0.1, 0.15) is 11.8 Å². The highest BCUT2D eigenvalue weighted by Crippen LogP contribution is 2.40. The van der Waals surface area contributed by atoms with E-state index in [9.17, 15) is 27.6 Å². The Kier molecular flexibility index (Phi) is 9.70. The molecule has 5 N–H and O–H groups in total. The van der Waals surface area contributed by atoms with Crippen LogP contribution in [0, 0.1) is 12.3 Å². The molecule has 198 valence electrons. The predicted molar refractivity (Wildman–Crippen MR) is 123 cm³/mol. The minimum absolute atomic E-state index is 0.0471. The Bertz CT molecular complexity index is 1040. The maximum Gasteiger partial charge on any atom is 0.430 e. The van der Waals surface area contributed by atoms with Crippen LogP contribution in [0.3, 0.4) is 0 Å². The van der Waals surface area contributed by atoms with Crippen molar-refractivity contribution >= 4 is 29.9 Å². The maximum atomic E-state index is 13.7. The van der Waals surface area contributed by atoms with E-state index in [0.29, 0.717) is 24.0 Å². The zero-order valence-electron chi connectivity index (χ0n) is 20.1. The molecule has 0 radical (unpaired) electrons. The molecule has 0 spiro atoms. The van der Waals surface area contributed by atoms with E-state index in [1.54, 1.807) is 26.0 Å². The number of hydrogen-bond acceptors (Lipinski definition) is 7. The summed E-state index contributed by atoms with van der Waals surface area (Å²) in [5.41, 5.74) is 6.04. The number of carbonyl (C=O) groups excluding carboxylic acids is 3. The van der Waals surface area contributed by atoms with Gasteiger partial charge in [-0.3, -0.25) is 10.2 Å². The van der Waals surface area contributed by atoms with Crippen molar-refractivity contribution in [3.63, 3.8) is 0 Å². The fourth-order valence-electron chi connectivity index (χ4n) is 3.57. The highest BCUT2D eigenvalue weighted by molar-refractivity contribution is 5.96. The zero-order chi connectivity index (χ0) is 27.0. The number of amides is 1. The molecule has 13 heteroatoms. The number of nitrogens with two attached hydrogens (primary N) is 1. The van der Waals surface area contributed by atoms with Gasteiger partial charge >= 0.3 is 18.1 Å². The Morgan fingerprint density at radius 3 is 2.53 bits per heavy atom. The molecule has 10 nitrogen and oxygen atoms in total. The second kappa shape index (κ2) is 12.3. The number of ether oxygens (including phenoxy) is 3. The molecular weight excluding hydrogens is 485 g/mol. The topological polar surface area (TPSA) is 153 Å². The van der Waals surface area contributed by atoms with Gasteiger partial charge in [0.2, 0.25) is 18.8 Å². The van der Waals surface area contributed by atoms with Gasteiger partial charge in [0, 0.05) is 19.0 Å². The number of fused-ring (bicyclic) bond motifs is 1. The van der Waals surface area contributed by atoms with Gasteiger partial charge in [-0.15, -0.1) is 0 Å². The van der Waals surface area contributed by atoms with E-state index in [-0.39, 0.29) is 24.7 Å². The Labute approximate surface area is 205 Å². The average molecular weight is 515 g/mol. The van der Waals surface area contributed by atoms with Crippen LogP contribution in [0.1, 0.15) is 43.4 Å². The molecule has 1 amide bonds. The summed E-state index contributed by atoms with van der Waals surface area (Å²) in [7, 11) is 0. The van der Waals surface area contributed by atoms with Gasteiger partial charge in [0.25, 0.3) is 0 Å². The second-order valence-electron chi connectivity index (χ2n) is 8.08. The van der Waals surface area contributed by atoms with E-state index in [2.05, 4.69) is 10.6 Å². The van der Waals surface area contributed by atoms with Crippen LogP contribution in [0.25, 0.3) is 6.08 Å². The van der Waals surface area contributed by atoms with E-state index >= 15 is 0 Å². The third-order valence-electron chi connectivity index (χ3n) is 5.12. The minimum atomic E-state index is -4.90. The standard InChI is InChI=1S/C23H29F3N4O6/c1-4-14-8-12(2)9-15-10-16(19(23(24,25)26)36-18(14)15)20(32)34-11-35-21(33)17(30-13(3)31)6-5-7-29-22(27)28/h8-10,17,19H,4-7,11H2,1-3H3,(H,30,31)(H4,27,28,29)/t17-,19-/m0/s1. The predicted octanol–water partition coefficient (Wildman–Crippen LogP) is 2.08. The van der Waals surface area contributed by atoms with Gasteiger partial charge in [-0.25, -0.2) is 9.59 Å². The quantitative estimate of drug-likeness (QED) is 0.122. The third kappa shape index (κ3) is 7.89. The van der Waals surface area contributed by atoms with Crippen LogP contribution in [0.2, 0.25) is 0 Å². The number of nitrogens with one attached hydrogen (secondary N) is 3. The van der Waals surface area contributed by atoms with Crippen molar-refractivity contribution < 1.29 is 41.8 Å². The Balaban J connectivity index is 2.10. The summed E-state index contributed by atoms with van der Waals surface area (Å²) in [6.07, 6.45) is -5.53. The van der Waals surface area contributed by atoms with Crippen molar-refractivity contribution in [3.8, 4) is 5.75 Å². The third-order valence-corrected chi connectivity index (χ3v) is 5.12. The van der Waals surface area contributed by atoms with Gasteiger partial charge in [-0.2, -0.15) is 13.2 Å². The molecule has 1 aromatic carbocycles.